The molecule has 0 saturated carbocycles. The molecule has 16 heavy (non-hydrogen) atoms. The van der Waals surface area contributed by atoms with E-state index in [0.29, 0.717) is 11.2 Å². The van der Waals surface area contributed by atoms with Crippen LogP contribution in [0.5, 0.6) is 0 Å². The molecule has 0 aromatic carbocycles. The Morgan fingerprint density at radius 3 is 2.75 bits per heavy atom. The number of pyridine rings is 1. The lowest BCUT2D eigenvalue weighted by Crippen LogP contribution is -2.06. The fraction of sp³-hybridized carbons (Fsp3) is 0.222. The highest BCUT2D eigenvalue weighted by atomic mass is 35.5. The molecule has 1 unspecified atom stereocenters. The Morgan fingerprint density at radius 1 is 1.31 bits per heavy atom. The number of aromatic nitrogens is 3. The molecule has 0 aliphatic rings. The van der Waals surface area contributed by atoms with Crippen LogP contribution in [-0.4, -0.2) is 31.8 Å². The Bertz CT molecular complexity index is 534. The Labute approximate surface area is 95.7 Å². The fourth-order valence-electron chi connectivity index (χ4n) is 1.23. The molecule has 0 saturated heterocycles. The number of nitrogens with zero attached hydrogens (tertiary/aromatic N) is 3. The molecule has 0 fully saturated rings. The van der Waals surface area contributed by atoms with E-state index in [1.165, 1.54) is 0 Å². The van der Waals surface area contributed by atoms with E-state index in [1.807, 2.05) is 0 Å². The van der Waals surface area contributed by atoms with Gasteiger partial charge in [-0.05, 0) is 12.1 Å². The molecule has 0 bridgehead atoms. The lowest BCUT2D eigenvalue weighted by atomic mass is 10.2. The van der Waals surface area contributed by atoms with Crippen molar-refractivity contribution in [2.24, 2.45) is 0 Å². The standard InChI is InChI=1S/C9H9ClN4O2/c10-7-8(11)14-9-5(12-7)2-1-4(13-9)6(16)3-15/h1-2,6,15-16H,3H2,(H2,11,13,14). The van der Waals surface area contributed by atoms with Gasteiger partial charge in [-0.2, -0.15) is 0 Å². The molecule has 7 heteroatoms. The zero-order valence-electron chi connectivity index (χ0n) is 8.13. The van der Waals surface area contributed by atoms with Crippen LogP contribution in [0, 0.1) is 0 Å². The number of anilines is 1. The van der Waals surface area contributed by atoms with E-state index in [9.17, 15) is 5.11 Å². The Morgan fingerprint density at radius 2 is 2.06 bits per heavy atom. The first-order valence-electron chi connectivity index (χ1n) is 4.50. The molecule has 0 amide bonds. The van der Waals surface area contributed by atoms with Gasteiger partial charge < -0.3 is 15.9 Å². The number of aliphatic hydroxyl groups is 2. The second-order valence-electron chi connectivity index (χ2n) is 3.18. The number of fused-ring (bicyclic) bond motifs is 1. The summed E-state index contributed by atoms with van der Waals surface area (Å²) in [6.45, 7) is -0.408. The smallest absolute Gasteiger partial charge is 0.180 e. The number of aliphatic hydroxyl groups excluding tert-OH is 2. The van der Waals surface area contributed by atoms with Crippen LogP contribution >= 0.6 is 11.6 Å². The summed E-state index contributed by atoms with van der Waals surface area (Å²) >= 11 is 5.70. The molecule has 2 aromatic heterocycles. The van der Waals surface area contributed by atoms with E-state index < -0.39 is 12.7 Å². The molecule has 2 heterocycles. The van der Waals surface area contributed by atoms with Gasteiger partial charge in [-0.3, -0.25) is 0 Å². The van der Waals surface area contributed by atoms with E-state index in [-0.39, 0.29) is 16.6 Å². The van der Waals surface area contributed by atoms with Crippen LogP contribution in [0.15, 0.2) is 12.1 Å². The van der Waals surface area contributed by atoms with E-state index in [0.717, 1.165) is 0 Å². The molecule has 2 rings (SSSR count). The average Bonchev–Trinajstić information content (AvgIpc) is 2.29. The maximum atomic E-state index is 9.39. The quantitative estimate of drug-likeness (QED) is 0.697. The molecule has 0 spiro atoms. The van der Waals surface area contributed by atoms with E-state index >= 15 is 0 Å². The number of nitrogen functional groups attached to an aromatic ring is 1. The summed E-state index contributed by atoms with van der Waals surface area (Å²) < 4.78 is 0. The second kappa shape index (κ2) is 4.17. The summed E-state index contributed by atoms with van der Waals surface area (Å²) in [5.74, 6) is 0.0808. The fourth-order valence-corrected chi connectivity index (χ4v) is 1.36. The minimum absolute atomic E-state index is 0.0808. The van der Waals surface area contributed by atoms with Crippen molar-refractivity contribution in [2.45, 2.75) is 6.10 Å². The third-order valence-electron chi connectivity index (χ3n) is 2.05. The van der Waals surface area contributed by atoms with Gasteiger partial charge in [-0.1, -0.05) is 11.6 Å². The molecule has 0 aliphatic carbocycles. The van der Waals surface area contributed by atoms with Crippen LogP contribution in [0.2, 0.25) is 5.15 Å². The Hall–Kier alpha value is -1.50. The van der Waals surface area contributed by atoms with E-state index in [4.69, 9.17) is 22.4 Å². The van der Waals surface area contributed by atoms with Crippen molar-refractivity contribution in [2.75, 3.05) is 12.3 Å². The van der Waals surface area contributed by atoms with Crippen molar-refractivity contribution < 1.29 is 10.2 Å². The van der Waals surface area contributed by atoms with Gasteiger partial charge in [0.1, 0.15) is 11.6 Å². The minimum Gasteiger partial charge on any atom is -0.393 e. The maximum Gasteiger partial charge on any atom is 0.180 e. The number of hydrogen-bond donors (Lipinski definition) is 3. The van der Waals surface area contributed by atoms with Crippen LogP contribution in [0.3, 0.4) is 0 Å². The normalized spacial score (nSPS) is 12.9. The minimum atomic E-state index is -1.04. The van der Waals surface area contributed by atoms with Crippen molar-refractivity contribution in [3.8, 4) is 0 Å². The summed E-state index contributed by atoms with van der Waals surface area (Å²) in [5, 5.41) is 18.3. The first-order valence-corrected chi connectivity index (χ1v) is 4.88. The summed E-state index contributed by atoms with van der Waals surface area (Å²) in [4.78, 5) is 11.9. The van der Waals surface area contributed by atoms with Gasteiger partial charge in [-0.25, -0.2) is 15.0 Å². The maximum absolute atomic E-state index is 9.39. The van der Waals surface area contributed by atoms with Crippen molar-refractivity contribution in [3.63, 3.8) is 0 Å². The third-order valence-corrected chi connectivity index (χ3v) is 2.32. The number of nitrogens with two attached hydrogens (primary N) is 1. The van der Waals surface area contributed by atoms with Crippen molar-refractivity contribution in [1.29, 1.82) is 0 Å². The van der Waals surface area contributed by atoms with Gasteiger partial charge in [0.15, 0.2) is 16.6 Å². The van der Waals surface area contributed by atoms with Gasteiger partial charge in [0.05, 0.1) is 12.3 Å². The first-order chi connectivity index (χ1) is 7.61. The summed E-state index contributed by atoms with van der Waals surface area (Å²) in [6.07, 6.45) is -1.04. The predicted molar refractivity (Wildman–Crippen MR) is 58.8 cm³/mol. The highest BCUT2D eigenvalue weighted by Gasteiger charge is 2.10. The molecule has 4 N–H and O–H groups in total. The van der Waals surface area contributed by atoms with Crippen LogP contribution in [-0.2, 0) is 0 Å². The second-order valence-corrected chi connectivity index (χ2v) is 3.53. The Balaban J connectivity index is 2.57. The number of halogens is 1. The third kappa shape index (κ3) is 1.90. The SMILES string of the molecule is Nc1nc2nc(C(O)CO)ccc2nc1Cl. The predicted octanol–water partition coefficient (Wildman–Crippen LogP) is 0.286. The van der Waals surface area contributed by atoms with Gasteiger partial charge in [-0.15, -0.1) is 0 Å². The van der Waals surface area contributed by atoms with E-state index in [2.05, 4.69) is 15.0 Å². The molecule has 0 aliphatic heterocycles. The zero-order chi connectivity index (χ0) is 11.7. The zero-order valence-corrected chi connectivity index (χ0v) is 8.89. The largest absolute Gasteiger partial charge is 0.393 e. The lowest BCUT2D eigenvalue weighted by molar-refractivity contribution is 0.0925. The van der Waals surface area contributed by atoms with Crippen molar-refractivity contribution in [1.82, 2.24) is 15.0 Å². The molecule has 2 aromatic rings. The van der Waals surface area contributed by atoms with E-state index in [1.54, 1.807) is 12.1 Å². The monoisotopic (exact) mass is 240 g/mol. The van der Waals surface area contributed by atoms with Crippen molar-refractivity contribution in [3.05, 3.63) is 23.0 Å². The summed E-state index contributed by atoms with van der Waals surface area (Å²) in [6, 6.07) is 3.15. The number of hydrogen-bond acceptors (Lipinski definition) is 6. The molecule has 6 nitrogen and oxygen atoms in total. The summed E-state index contributed by atoms with van der Waals surface area (Å²) in [7, 11) is 0. The van der Waals surface area contributed by atoms with Crippen LogP contribution < -0.4 is 5.73 Å². The van der Waals surface area contributed by atoms with Gasteiger partial charge in [0.25, 0.3) is 0 Å². The van der Waals surface area contributed by atoms with Crippen molar-refractivity contribution >= 4 is 28.6 Å². The van der Waals surface area contributed by atoms with Gasteiger partial charge >= 0.3 is 0 Å². The highest BCUT2D eigenvalue weighted by Crippen LogP contribution is 2.19. The molecule has 0 radical (unpaired) electrons. The number of rotatable bonds is 2. The lowest BCUT2D eigenvalue weighted by Gasteiger charge is -2.07. The van der Waals surface area contributed by atoms with Gasteiger partial charge in [0.2, 0.25) is 0 Å². The Kier molecular flexibility index (Phi) is 2.86. The van der Waals surface area contributed by atoms with Crippen LogP contribution in [0.1, 0.15) is 11.8 Å². The van der Waals surface area contributed by atoms with Crippen LogP contribution in [0.4, 0.5) is 5.82 Å². The summed E-state index contributed by atoms with van der Waals surface area (Å²) in [5.41, 5.74) is 6.56. The molecule has 84 valence electrons. The topological polar surface area (TPSA) is 105 Å². The average molecular weight is 241 g/mol. The van der Waals surface area contributed by atoms with Gasteiger partial charge in [0, 0.05) is 0 Å². The molecular weight excluding hydrogens is 232 g/mol. The van der Waals surface area contributed by atoms with Crippen LogP contribution in [0.25, 0.3) is 11.2 Å². The first kappa shape index (κ1) is 11.0. The molecule has 1 atom stereocenters. The highest BCUT2D eigenvalue weighted by molar-refractivity contribution is 6.31. The molecular formula is C9H9ClN4O2.